The lowest BCUT2D eigenvalue weighted by molar-refractivity contribution is 0.484. The highest BCUT2D eigenvalue weighted by atomic mass is 16.5. The van der Waals surface area contributed by atoms with E-state index in [1.807, 2.05) is 24.3 Å². The van der Waals surface area contributed by atoms with Gasteiger partial charge < -0.3 is 14.7 Å². The molecule has 0 aliphatic heterocycles. The summed E-state index contributed by atoms with van der Waals surface area (Å²) in [6.07, 6.45) is 0. The zero-order valence-electron chi connectivity index (χ0n) is 14.5. The van der Waals surface area contributed by atoms with E-state index in [9.17, 15) is 0 Å². The molecule has 0 amide bonds. The molecule has 128 valence electrons. The number of ether oxygens (including phenoxy) is 1. The Balaban J connectivity index is 1.46. The van der Waals surface area contributed by atoms with Crippen molar-refractivity contribution in [2.45, 2.75) is 0 Å². The average molecular weight is 348 g/mol. The van der Waals surface area contributed by atoms with Crippen LogP contribution in [0.1, 0.15) is 0 Å². The fourth-order valence-corrected chi connectivity index (χ4v) is 3.92. The molecular weight excluding hydrogens is 332 g/mol. The van der Waals surface area contributed by atoms with Crippen molar-refractivity contribution in [1.29, 1.82) is 0 Å². The van der Waals surface area contributed by atoms with Crippen LogP contribution in [0.3, 0.4) is 0 Å². The van der Waals surface area contributed by atoms with Crippen LogP contribution in [0.15, 0.2) is 84.9 Å². The van der Waals surface area contributed by atoms with Gasteiger partial charge in [-0.05, 0) is 48.5 Å². The van der Waals surface area contributed by atoms with Gasteiger partial charge in [0, 0.05) is 43.6 Å². The second-order valence-electron chi connectivity index (χ2n) is 6.86. The van der Waals surface area contributed by atoms with E-state index in [-0.39, 0.29) is 0 Å². The Morgan fingerprint density at radius 3 is 1.41 bits per heavy atom. The number of benzene rings is 4. The van der Waals surface area contributed by atoms with Crippen LogP contribution >= 0.6 is 0 Å². The smallest absolute Gasteiger partial charge is 0.128 e. The number of hydrogen-bond acceptors (Lipinski definition) is 1. The molecule has 0 saturated carbocycles. The molecule has 6 rings (SSSR count). The third kappa shape index (κ3) is 2.22. The molecule has 2 N–H and O–H groups in total. The van der Waals surface area contributed by atoms with Crippen LogP contribution in [0.2, 0.25) is 0 Å². The van der Waals surface area contributed by atoms with Crippen molar-refractivity contribution in [3.63, 3.8) is 0 Å². The average Bonchev–Trinajstić information content (AvgIpc) is 3.26. The molecule has 0 spiro atoms. The number of rotatable bonds is 2. The second kappa shape index (κ2) is 5.39. The normalized spacial score (nSPS) is 11.7. The molecule has 27 heavy (non-hydrogen) atoms. The Morgan fingerprint density at radius 2 is 0.889 bits per heavy atom. The van der Waals surface area contributed by atoms with Crippen LogP contribution in [0.4, 0.5) is 0 Å². The molecule has 0 aliphatic rings. The van der Waals surface area contributed by atoms with E-state index in [0.717, 1.165) is 33.6 Å². The summed E-state index contributed by atoms with van der Waals surface area (Å²) in [6.45, 7) is 0. The Morgan fingerprint density at radius 1 is 0.444 bits per heavy atom. The minimum Gasteiger partial charge on any atom is -0.457 e. The molecule has 2 heterocycles. The molecule has 2 aromatic heterocycles. The molecule has 0 atom stereocenters. The molecule has 6 aromatic rings. The van der Waals surface area contributed by atoms with E-state index in [1.165, 1.54) is 21.5 Å². The molecule has 0 radical (unpaired) electrons. The largest absolute Gasteiger partial charge is 0.457 e. The van der Waals surface area contributed by atoms with Gasteiger partial charge in [-0.15, -0.1) is 0 Å². The van der Waals surface area contributed by atoms with E-state index in [1.54, 1.807) is 0 Å². The van der Waals surface area contributed by atoms with Gasteiger partial charge in [0.2, 0.25) is 0 Å². The van der Waals surface area contributed by atoms with Crippen molar-refractivity contribution < 1.29 is 4.74 Å². The Bertz CT molecular complexity index is 1340. The van der Waals surface area contributed by atoms with E-state index in [0.29, 0.717) is 0 Å². The zero-order chi connectivity index (χ0) is 17.8. The molecule has 3 nitrogen and oxygen atoms in total. The van der Waals surface area contributed by atoms with E-state index in [2.05, 4.69) is 70.6 Å². The summed E-state index contributed by atoms with van der Waals surface area (Å²) in [6, 6.07) is 29.1. The van der Waals surface area contributed by atoms with Crippen molar-refractivity contribution in [3.8, 4) is 11.5 Å². The van der Waals surface area contributed by atoms with Gasteiger partial charge in [-0.1, -0.05) is 36.4 Å². The minimum atomic E-state index is 0.839. The molecule has 4 aromatic carbocycles. The van der Waals surface area contributed by atoms with Gasteiger partial charge in [0.25, 0.3) is 0 Å². The van der Waals surface area contributed by atoms with E-state index >= 15 is 0 Å². The van der Waals surface area contributed by atoms with E-state index in [4.69, 9.17) is 4.74 Å². The van der Waals surface area contributed by atoms with Crippen molar-refractivity contribution in [3.05, 3.63) is 84.9 Å². The van der Waals surface area contributed by atoms with Gasteiger partial charge in [0.15, 0.2) is 0 Å². The van der Waals surface area contributed by atoms with Crippen LogP contribution < -0.4 is 4.74 Å². The molecule has 3 heteroatoms. The summed E-state index contributed by atoms with van der Waals surface area (Å²) in [5.41, 5.74) is 4.53. The topological polar surface area (TPSA) is 40.8 Å². The summed E-state index contributed by atoms with van der Waals surface area (Å²) in [5, 5.41) is 4.78. The quantitative estimate of drug-likeness (QED) is 0.357. The lowest BCUT2D eigenvalue weighted by Crippen LogP contribution is -1.84. The zero-order valence-corrected chi connectivity index (χ0v) is 14.5. The SMILES string of the molecule is c1ccc2c(c1)[nH]c1ccc(Oc3ccc4[nH]c5ccccc5c4c3)cc12. The summed E-state index contributed by atoms with van der Waals surface area (Å²) < 4.78 is 6.20. The second-order valence-corrected chi connectivity index (χ2v) is 6.86. The molecule has 0 bridgehead atoms. The molecule has 0 aliphatic carbocycles. The molecule has 0 saturated heterocycles. The Hall–Kier alpha value is -3.72. The number of para-hydroxylation sites is 2. The van der Waals surface area contributed by atoms with Crippen molar-refractivity contribution >= 4 is 43.6 Å². The number of fused-ring (bicyclic) bond motifs is 6. The minimum absolute atomic E-state index is 0.839. The number of hydrogen-bond donors (Lipinski definition) is 2. The van der Waals surface area contributed by atoms with Gasteiger partial charge in [0.1, 0.15) is 11.5 Å². The van der Waals surface area contributed by atoms with Crippen LogP contribution in [-0.4, -0.2) is 9.97 Å². The first kappa shape index (κ1) is 14.4. The first-order valence-electron chi connectivity index (χ1n) is 9.04. The van der Waals surface area contributed by atoms with Crippen LogP contribution in [0, 0.1) is 0 Å². The highest BCUT2D eigenvalue weighted by Gasteiger charge is 2.08. The predicted octanol–water partition coefficient (Wildman–Crippen LogP) is 6.75. The van der Waals surface area contributed by atoms with Gasteiger partial charge in [0.05, 0.1) is 0 Å². The van der Waals surface area contributed by atoms with Gasteiger partial charge >= 0.3 is 0 Å². The van der Waals surface area contributed by atoms with Crippen molar-refractivity contribution in [1.82, 2.24) is 9.97 Å². The first-order chi connectivity index (χ1) is 13.3. The Kier molecular flexibility index (Phi) is 2.88. The lowest BCUT2D eigenvalue weighted by atomic mass is 10.1. The number of nitrogens with one attached hydrogen (secondary N) is 2. The lowest BCUT2D eigenvalue weighted by Gasteiger charge is -2.06. The van der Waals surface area contributed by atoms with E-state index < -0.39 is 0 Å². The molecule has 0 unspecified atom stereocenters. The summed E-state index contributed by atoms with van der Waals surface area (Å²) in [7, 11) is 0. The van der Waals surface area contributed by atoms with Crippen LogP contribution in [0.25, 0.3) is 43.6 Å². The highest BCUT2D eigenvalue weighted by molar-refractivity contribution is 6.08. The highest BCUT2D eigenvalue weighted by Crippen LogP contribution is 2.33. The summed E-state index contributed by atoms with van der Waals surface area (Å²) >= 11 is 0. The maximum Gasteiger partial charge on any atom is 0.128 e. The number of aromatic nitrogens is 2. The van der Waals surface area contributed by atoms with Crippen LogP contribution in [0.5, 0.6) is 11.5 Å². The van der Waals surface area contributed by atoms with Gasteiger partial charge in [-0.2, -0.15) is 0 Å². The standard InChI is InChI=1S/C24H16N2O/c1-3-7-21-17(5-1)19-13-15(9-11-23(19)25-21)27-16-10-12-24-20(14-16)18-6-2-4-8-22(18)26-24/h1-14,25-26H. The maximum absolute atomic E-state index is 6.20. The molecule has 0 fully saturated rings. The third-order valence-electron chi connectivity index (χ3n) is 5.19. The predicted molar refractivity (Wildman–Crippen MR) is 112 cm³/mol. The van der Waals surface area contributed by atoms with Gasteiger partial charge in [-0.3, -0.25) is 0 Å². The first-order valence-corrected chi connectivity index (χ1v) is 9.04. The monoisotopic (exact) mass is 348 g/mol. The third-order valence-corrected chi connectivity index (χ3v) is 5.19. The summed E-state index contributed by atoms with van der Waals surface area (Å²) in [4.78, 5) is 6.90. The fourth-order valence-electron chi connectivity index (χ4n) is 3.92. The maximum atomic E-state index is 6.20. The molecular formula is C24H16N2O. The Labute approximate surface area is 155 Å². The number of aromatic amines is 2. The summed E-state index contributed by atoms with van der Waals surface area (Å²) in [5.74, 6) is 1.68. The van der Waals surface area contributed by atoms with Crippen LogP contribution in [-0.2, 0) is 0 Å². The number of H-pyrrole nitrogens is 2. The van der Waals surface area contributed by atoms with Crippen molar-refractivity contribution in [2.75, 3.05) is 0 Å². The van der Waals surface area contributed by atoms with Crippen molar-refractivity contribution in [2.24, 2.45) is 0 Å². The van der Waals surface area contributed by atoms with Gasteiger partial charge in [-0.25, -0.2) is 0 Å². The fraction of sp³-hybridized carbons (Fsp3) is 0.